The molecule has 1 amide bonds. The first-order valence-corrected chi connectivity index (χ1v) is 9.12. The molecule has 0 unspecified atom stereocenters. The molecule has 2 heterocycles. The Hall–Kier alpha value is -2.31. The number of hydrogen-bond acceptors (Lipinski definition) is 3. The molecule has 4 rings (SSSR count). The van der Waals surface area contributed by atoms with Crippen molar-refractivity contribution in [2.24, 2.45) is 0 Å². The summed E-state index contributed by atoms with van der Waals surface area (Å²) in [5, 5.41) is 2.82. The first kappa shape index (κ1) is 18.1. The van der Waals surface area contributed by atoms with Gasteiger partial charge in [-0.15, -0.1) is 0 Å². The monoisotopic (exact) mass is 372 g/mol. The van der Waals surface area contributed by atoms with Gasteiger partial charge in [0, 0.05) is 44.2 Å². The van der Waals surface area contributed by atoms with Crippen LogP contribution in [0.1, 0.15) is 45.6 Å². The molecule has 1 N–H and O–H groups in total. The number of nitrogens with zero attached hydrogens (tertiary/aromatic N) is 1. The Labute approximate surface area is 157 Å². The van der Waals surface area contributed by atoms with Gasteiger partial charge in [-0.05, 0) is 28.8 Å². The minimum absolute atomic E-state index is 0.0321. The standard InChI is InChI=1S/C21H22F2N2O2/c1-21(22,23)17-4-2-3-14(9-17)12-25-7-8-27-19(13-25)15-5-6-18-16(10-15)11-24-20(18)26/h2-6,9-10,19H,7-8,11-13H2,1H3,(H,24,26)/t19-/m0/s1. The zero-order valence-electron chi connectivity index (χ0n) is 15.2. The van der Waals surface area contributed by atoms with Crippen LogP contribution in [0.3, 0.4) is 0 Å². The van der Waals surface area contributed by atoms with E-state index in [4.69, 9.17) is 4.74 Å². The summed E-state index contributed by atoms with van der Waals surface area (Å²) in [6.45, 7) is 4.11. The lowest BCUT2D eigenvalue weighted by Gasteiger charge is -2.33. The number of benzene rings is 2. The van der Waals surface area contributed by atoms with Crippen LogP contribution in [-0.4, -0.2) is 30.5 Å². The second kappa shape index (κ2) is 7.02. The quantitative estimate of drug-likeness (QED) is 0.891. The van der Waals surface area contributed by atoms with Gasteiger partial charge >= 0.3 is 0 Å². The predicted octanol–water partition coefficient (Wildman–Crippen LogP) is 3.62. The van der Waals surface area contributed by atoms with E-state index in [1.807, 2.05) is 24.3 Å². The van der Waals surface area contributed by atoms with Gasteiger partial charge in [0.1, 0.15) is 0 Å². The van der Waals surface area contributed by atoms with Gasteiger partial charge in [-0.1, -0.05) is 30.3 Å². The largest absolute Gasteiger partial charge is 0.371 e. The van der Waals surface area contributed by atoms with E-state index in [-0.39, 0.29) is 17.6 Å². The van der Waals surface area contributed by atoms with E-state index in [2.05, 4.69) is 10.2 Å². The molecule has 1 atom stereocenters. The lowest BCUT2D eigenvalue weighted by molar-refractivity contribution is -0.0330. The number of fused-ring (bicyclic) bond motifs is 1. The third kappa shape index (κ3) is 3.87. The van der Waals surface area contributed by atoms with Crippen LogP contribution in [0.25, 0.3) is 0 Å². The van der Waals surface area contributed by atoms with Crippen molar-refractivity contribution in [3.8, 4) is 0 Å². The first-order valence-electron chi connectivity index (χ1n) is 9.12. The smallest absolute Gasteiger partial charge is 0.270 e. The number of halogens is 2. The molecule has 2 aliphatic rings. The molecule has 0 spiro atoms. The lowest BCUT2D eigenvalue weighted by atomic mass is 10.0. The SMILES string of the molecule is CC(F)(F)c1cccc(CN2CCO[C@H](c3ccc4c(c3)CNC4=O)C2)c1. The van der Waals surface area contributed by atoms with Crippen molar-refractivity contribution in [2.45, 2.75) is 32.0 Å². The molecule has 0 radical (unpaired) electrons. The van der Waals surface area contributed by atoms with Crippen LogP contribution in [0.5, 0.6) is 0 Å². The summed E-state index contributed by atoms with van der Waals surface area (Å²) in [4.78, 5) is 13.9. The van der Waals surface area contributed by atoms with Gasteiger partial charge in [-0.3, -0.25) is 9.69 Å². The number of hydrogen-bond donors (Lipinski definition) is 1. The van der Waals surface area contributed by atoms with Crippen molar-refractivity contribution >= 4 is 5.91 Å². The van der Waals surface area contributed by atoms with Crippen LogP contribution in [-0.2, 0) is 23.7 Å². The Bertz CT molecular complexity index is 864. The van der Waals surface area contributed by atoms with Crippen LogP contribution in [0.4, 0.5) is 8.78 Å². The van der Waals surface area contributed by atoms with E-state index >= 15 is 0 Å². The Morgan fingerprint density at radius 2 is 2.11 bits per heavy atom. The van der Waals surface area contributed by atoms with E-state index in [1.54, 1.807) is 12.1 Å². The molecule has 2 aromatic rings. The maximum absolute atomic E-state index is 13.6. The minimum atomic E-state index is -2.83. The summed E-state index contributed by atoms with van der Waals surface area (Å²) < 4.78 is 33.1. The van der Waals surface area contributed by atoms with Crippen LogP contribution in [0.15, 0.2) is 42.5 Å². The minimum Gasteiger partial charge on any atom is -0.371 e. The van der Waals surface area contributed by atoms with E-state index in [1.165, 1.54) is 6.07 Å². The highest BCUT2D eigenvalue weighted by molar-refractivity contribution is 5.98. The van der Waals surface area contributed by atoms with E-state index in [9.17, 15) is 13.6 Å². The van der Waals surface area contributed by atoms with Crippen LogP contribution in [0, 0.1) is 0 Å². The van der Waals surface area contributed by atoms with Gasteiger partial charge in [0.2, 0.25) is 0 Å². The Kier molecular flexibility index (Phi) is 4.70. The number of carbonyl (C=O) groups is 1. The van der Waals surface area contributed by atoms with Crippen molar-refractivity contribution < 1.29 is 18.3 Å². The molecule has 2 aliphatic heterocycles. The van der Waals surface area contributed by atoms with Crippen LogP contribution < -0.4 is 5.32 Å². The fourth-order valence-corrected chi connectivity index (χ4v) is 3.70. The van der Waals surface area contributed by atoms with Crippen molar-refractivity contribution in [1.82, 2.24) is 10.2 Å². The Morgan fingerprint density at radius 3 is 2.93 bits per heavy atom. The van der Waals surface area contributed by atoms with Crippen molar-refractivity contribution in [3.63, 3.8) is 0 Å². The highest BCUT2D eigenvalue weighted by atomic mass is 19.3. The molecule has 27 heavy (non-hydrogen) atoms. The summed E-state index contributed by atoms with van der Waals surface area (Å²) in [5.41, 5.74) is 3.68. The molecular weight excluding hydrogens is 350 g/mol. The molecule has 0 saturated carbocycles. The van der Waals surface area contributed by atoms with E-state index in [0.29, 0.717) is 26.2 Å². The number of carbonyl (C=O) groups excluding carboxylic acids is 1. The molecule has 0 bridgehead atoms. The molecule has 2 aromatic carbocycles. The second-order valence-electron chi connectivity index (χ2n) is 7.28. The molecule has 0 aromatic heterocycles. The average Bonchev–Trinajstić information content (AvgIpc) is 3.02. The average molecular weight is 372 g/mol. The lowest BCUT2D eigenvalue weighted by Crippen LogP contribution is -2.37. The Morgan fingerprint density at radius 1 is 1.26 bits per heavy atom. The van der Waals surface area contributed by atoms with Crippen LogP contribution in [0.2, 0.25) is 0 Å². The third-order valence-corrected chi connectivity index (χ3v) is 5.18. The number of alkyl halides is 2. The summed E-state index contributed by atoms with van der Waals surface area (Å²) in [6, 6.07) is 12.4. The zero-order valence-corrected chi connectivity index (χ0v) is 15.2. The van der Waals surface area contributed by atoms with Gasteiger partial charge in [-0.25, -0.2) is 8.78 Å². The van der Waals surface area contributed by atoms with E-state index < -0.39 is 5.92 Å². The topological polar surface area (TPSA) is 41.6 Å². The maximum atomic E-state index is 13.6. The molecule has 6 heteroatoms. The number of nitrogens with one attached hydrogen (secondary N) is 1. The zero-order chi connectivity index (χ0) is 19.0. The first-order chi connectivity index (χ1) is 12.9. The molecular formula is C21H22F2N2O2. The summed E-state index contributed by atoms with van der Waals surface area (Å²) in [5.74, 6) is -2.87. The summed E-state index contributed by atoms with van der Waals surface area (Å²) >= 11 is 0. The number of rotatable bonds is 4. The van der Waals surface area contributed by atoms with Crippen molar-refractivity contribution in [1.29, 1.82) is 0 Å². The summed E-state index contributed by atoms with van der Waals surface area (Å²) in [7, 11) is 0. The number of ether oxygens (including phenoxy) is 1. The fourth-order valence-electron chi connectivity index (χ4n) is 3.70. The Balaban J connectivity index is 1.47. The predicted molar refractivity (Wildman–Crippen MR) is 97.6 cm³/mol. The molecule has 1 fully saturated rings. The second-order valence-corrected chi connectivity index (χ2v) is 7.28. The van der Waals surface area contributed by atoms with Gasteiger partial charge in [-0.2, -0.15) is 0 Å². The fraction of sp³-hybridized carbons (Fsp3) is 0.381. The van der Waals surface area contributed by atoms with Gasteiger partial charge in [0.15, 0.2) is 0 Å². The van der Waals surface area contributed by atoms with Gasteiger partial charge in [0.25, 0.3) is 11.8 Å². The van der Waals surface area contributed by atoms with Gasteiger partial charge < -0.3 is 10.1 Å². The van der Waals surface area contributed by atoms with Crippen molar-refractivity contribution in [2.75, 3.05) is 19.7 Å². The van der Waals surface area contributed by atoms with Crippen molar-refractivity contribution in [3.05, 3.63) is 70.3 Å². The normalized spacial score (nSPS) is 20.4. The van der Waals surface area contributed by atoms with E-state index in [0.717, 1.165) is 35.7 Å². The molecule has 4 nitrogen and oxygen atoms in total. The molecule has 1 saturated heterocycles. The summed E-state index contributed by atoms with van der Waals surface area (Å²) in [6.07, 6.45) is -0.0875. The number of morpholine rings is 1. The highest BCUT2D eigenvalue weighted by Crippen LogP contribution is 2.29. The third-order valence-electron chi connectivity index (χ3n) is 5.18. The maximum Gasteiger partial charge on any atom is 0.270 e. The van der Waals surface area contributed by atoms with Crippen LogP contribution >= 0.6 is 0 Å². The highest BCUT2D eigenvalue weighted by Gasteiger charge is 2.27. The number of amides is 1. The van der Waals surface area contributed by atoms with Gasteiger partial charge in [0.05, 0.1) is 12.7 Å². The molecule has 142 valence electrons. The molecule has 0 aliphatic carbocycles.